The van der Waals surface area contributed by atoms with Gasteiger partial charge in [0, 0.05) is 35.6 Å². The monoisotopic (exact) mass is 500 g/mol. The number of amides is 2. The Morgan fingerprint density at radius 1 is 0.946 bits per heavy atom. The maximum atomic E-state index is 12.1. The Morgan fingerprint density at radius 2 is 1.76 bits per heavy atom. The van der Waals surface area contributed by atoms with E-state index >= 15 is 0 Å². The first-order valence-electron chi connectivity index (χ1n) is 11.1. The number of methoxy groups -OCH3 is 1. The van der Waals surface area contributed by atoms with Crippen molar-refractivity contribution in [2.24, 2.45) is 0 Å². The number of pyridine rings is 2. The van der Waals surface area contributed by atoms with Crippen molar-refractivity contribution in [3.63, 3.8) is 0 Å². The van der Waals surface area contributed by atoms with Crippen molar-refractivity contribution in [1.82, 2.24) is 35.7 Å². The average Bonchev–Trinajstić information content (AvgIpc) is 3.59. The number of aromatic nitrogens is 6. The number of aromatic amines is 1. The second kappa shape index (κ2) is 10.1. The van der Waals surface area contributed by atoms with Gasteiger partial charge in [0.05, 0.1) is 12.7 Å². The van der Waals surface area contributed by atoms with Crippen LogP contribution in [-0.2, 0) is 0 Å². The summed E-state index contributed by atoms with van der Waals surface area (Å²) in [5, 5.41) is 19.8. The zero-order chi connectivity index (χ0) is 25.8. The summed E-state index contributed by atoms with van der Waals surface area (Å²) in [6.07, 6.45) is 3.09. The van der Waals surface area contributed by atoms with Crippen molar-refractivity contribution in [3.05, 3.63) is 65.4 Å². The molecule has 1 aromatic carbocycles. The summed E-state index contributed by atoms with van der Waals surface area (Å²) in [5.41, 5.74) is 2.69. The Balaban J connectivity index is 1.63. The summed E-state index contributed by atoms with van der Waals surface area (Å²) in [6.45, 7) is 2.26. The molecule has 0 fully saturated rings. The topological polar surface area (TPSA) is 174 Å². The third-order valence-corrected chi connectivity index (χ3v) is 5.18. The first-order valence-corrected chi connectivity index (χ1v) is 11.1. The van der Waals surface area contributed by atoms with E-state index in [2.05, 4.69) is 41.0 Å². The van der Waals surface area contributed by atoms with Crippen molar-refractivity contribution >= 4 is 11.8 Å². The lowest BCUT2D eigenvalue weighted by Crippen LogP contribution is -2.28. The Hall–Kier alpha value is -5.33. The maximum Gasteiger partial charge on any atom is 0.434 e. The van der Waals surface area contributed by atoms with E-state index in [1.165, 1.54) is 13.3 Å². The van der Waals surface area contributed by atoms with Gasteiger partial charge >= 0.3 is 11.8 Å². The van der Waals surface area contributed by atoms with E-state index in [4.69, 9.17) is 13.6 Å². The van der Waals surface area contributed by atoms with Crippen molar-refractivity contribution in [1.29, 1.82) is 0 Å². The molecule has 0 atom stereocenters. The number of benzene rings is 1. The molecule has 13 nitrogen and oxygen atoms in total. The van der Waals surface area contributed by atoms with Gasteiger partial charge in [0.2, 0.25) is 17.7 Å². The lowest BCUT2D eigenvalue weighted by Gasteiger charge is -2.12. The second-order valence-corrected chi connectivity index (χ2v) is 7.58. The van der Waals surface area contributed by atoms with Gasteiger partial charge in [-0.25, -0.2) is 24.7 Å². The number of nitrogens with zero attached hydrogens (tertiary/aromatic N) is 5. The third kappa shape index (κ3) is 4.91. The van der Waals surface area contributed by atoms with Crippen LogP contribution in [0.15, 0.2) is 68.5 Å². The molecule has 0 aliphatic rings. The molecule has 0 saturated carbocycles. The summed E-state index contributed by atoms with van der Waals surface area (Å²) in [7, 11) is 1.44. The number of H-pyrrole nitrogens is 1. The first-order chi connectivity index (χ1) is 18.1. The maximum absolute atomic E-state index is 12.1. The van der Waals surface area contributed by atoms with E-state index in [1.54, 1.807) is 25.3 Å². The Kier molecular flexibility index (Phi) is 6.40. The predicted molar refractivity (Wildman–Crippen MR) is 132 cm³/mol. The number of ether oxygens (including phenoxy) is 1. The van der Waals surface area contributed by atoms with Crippen LogP contribution >= 0.6 is 0 Å². The number of nitrogens with one attached hydrogen (secondary N) is 3. The zero-order valence-corrected chi connectivity index (χ0v) is 19.7. The molecule has 0 saturated heterocycles. The Bertz CT molecular complexity index is 1610. The molecule has 0 aliphatic heterocycles. The molecule has 2 amide bonds. The fourth-order valence-corrected chi connectivity index (χ4v) is 3.54. The minimum absolute atomic E-state index is 0.00406. The highest BCUT2D eigenvalue weighted by Crippen LogP contribution is 2.37. The van der Waals surface area contributed by atoms with Crippen molar-refractivity contribution in [3.8, 4) is 51.4 Å². The Labute approximate surface area is 208 Å². The summed E-state index contributed by atoms with van der Waals surface area (Å²) < 4.78 is 16.4. The minimum atomic E-state index is -0.718. The molecule has 4 heterocycles. The van der Waals surface area contributed by atoms with Crippen LogP contribution in [-0.4, -0.2) is 50.0 Å². The molecule has 5 aromatic rings. The van der Waals surface area contributed by atoms with Crippen LogP contribution in [0, 0.1) is 0 Å². The Morgan fingerprint density at radius 3 is 2.49 bits per heavy atom. The van der Waals surface area contributed by atoms with Crippen LogP contribution in [0.3, 0.4) is 0 Å². The summed E-state index contributed by atoms with van der Waals surface area (Å²) in [6, 6.07) is 12.2. The van der Waals surface area contributed by atoms with Gasteiger partial charge in [-0.2, -0.15) is 0 Å². The highest BCUT2D eigenvalue weighted by Gasteiger charge is 2.21. The number of rotatable bonds is 7. The lowest BCUT2D eigenvalue weighted by atomic mass is 10.0. The SMILES string of the molecule is CCNC(=O)Nc1cc(-c2nnc(-c3ccccc3)o2)c(-c2cnc(OC)c(-c3n[nH]c(=O)o3)c2)cn1. The third-order valence-electron chi connectivity index (χ3n) is 5.18. The van der Waals surface area contributed by atoms with Crippen LogP contribution in [0.5, 0.6) is 5.88 Å². The zero-order valence-electron chi connectivity index (χ0n) is 19.7. The second-order valence-electron chi connectivity index (χ2n) is 7.58. The van der Waals surface area contributed by atoms with E-state index in [9.17, 15) is 9.59 Å². The van der Waals surface area contributed by atoms with E-state index in [0.29, 0.717) is 34.7 Å². The first kappa shape index (κ1) is 23.4. The molecule has 3 N–H and O–H groups in total. The molecular weight excluding hydrogens is 480 g/mol. The molecular formula is C24H20N8O5. The summed E-state index contributed by atoms with van der Waals surface area (Å²) in [4.78, 5) is 32.3. The molecule has 13 heteroatoms. The molecule has 0 aliphatic carbocycles. The summed E-state index contributed by atoms with van der Waals surface area (Å²) in [5.74, 6) is 0.271. The molecule has 0 unspecified atom stereocenters. The number of urea groups is 1. The number of carbonyl (C=O) groups excluding carboxylic acids is 1. The number of hydrogen-bond donors (Lipinski definition) is 3. The van der Waals surface area contributed by atoms with Crippen LogP contribution in [0.4, 0.5) is 10.6 Å². The van der Waals surface area contributed by atoms with E-state index in [0.717, 1.165) is 5.56 Å². The highest BCUT2D eigenvalue weighted by molar-refractivity contribution is 5.90. The fraction of sp³-hybridized carbons (Fsp3) is 0.125. The van der Waals surface area contributed by atoms with Crippen LogP contribution in [0.1, 0.15) is 6.92 Å². The highest BCUT2D eigenvalue weighted by atomic mass is 16.5. The van der Waals surface area contributed by atoms with Gasteiger partial charge in [-0.1, -0.05) is 18.2 Å². The van der Waals surface area contributed by atoms with Gasteiger partial charge in [0.25, 0.3) is 5.89 Å². The van der Waals surface area contributed by atoms with E-state index in [-0.39, 0.29) is 23.5 Å². The van der Waals surface area contributed by atoms with Gasteiger partial charge in [-0.05, 0) is 31.2 Å². The number of anilines is 1. The lowest BCUT2D eigenvalue weighted by molar-refractivity contribution is 0.252. The minimum Gasteiger partial charge on any atom is -0.480 e. The number of carbonyl (C=O) groups is 1. The van der Waals surface area contributed by atoms with Gasteiger partial charge < -0.3 is 18.9 Å². The average molecular weight is 500 g/mol. The van der Waals surface area contributed by atoms with E-state index in [1.807, 2.05) is 30.3 Å². The normalized spacial score (nSPS) is 10.8. The standard InChI is InChI=1S/C24H20N8O5/c1-3-25-23(33)28-18-10-15(21-30-29-19(36-21)13-7-5-4-6-8-13)17(12-26-18)14-9-16(20(35-2)27-11-14)22-31-32-24(34)37-22/h4-12H,3H2,1-2H3,(H,32,34)(H2,25,26,28,33). The van der Waals surface area contributed by atoms with Crippen LogP contribution < -0.4 is 21.1 Å². The van der Waals surface area contributed by atoms with Gasteiger partial charge in [0.15, 0.2) is 0 Å². The fourth-order valence-electron chi connectivity index (χ4n) is 3.54. The largest absolute Gasteiger partial charge is 0.480 e. The van der Waals surface area contributed by atoms with Gasteiger partial charge in [-0.15, -0.1) is 15.3 Å². The number of hydrogen-bond acceptors (Lipinski definition) is 10. The predicted octanol–water partition coefficient (Wildman–Crippen LogP) is 3.35. The van der Waals surface area contributed by atoms with Crippen molar-refractivity contribution in [2.75, 3.05) is 19.0 Å². The molecule has 37 heavy (non-hydrogen) atoms. The van der Waals surface area contributed by atoms with Crippen molar-refractivity contribution < 1.29 is 18.4 Å². The molecule has 4 aromatic heterocycles. The molecule has 186 valence electrons. The molecule has 5 rings (SSSR count). The van der Waals surface area contributed by atoms with Gasteiger partial charge in [0.1, 0.15) is 11.4 Å². The summed E-state index contributed by atoms with van der Waals surface area (Å²) >= 11 is 0. The molecule has 0 spiro atoms. The van der Waals surface area contributed by atoms with Crippen LogP contribution in [0.25, 0.3) is 45.5 Å². The van der Waals surface area contributed by atoms with E-state index < -0.39 is 11.8 Å². The quantitative estimate of drug-likeness (QED) is 0.300. The van der Waals surface area contributed by atoms with Crippen molar-refractivity contribution in [2.45, 2.75) is 6.92 Å². The molecule has 0 radical (unpaired) electrons. The van der Waals surface area contributed by atoms with Crippen LogP contribution in [0.2, 0.25) is 0 Å². The molecule has 0 bridgehead atoms. The van der Waals surface area contributed by atoms with Gasteiger partial charge in [-0.3, -0.25) is 5.32 Å². The smallest absolute Gasteiger partial charge is 0.434 e.